The molecule has 4 heterocycles. The van der Waals surface area contributed by atoms with E-state index in [1.165, 1.54) is 4.31 Å². The molecule has 11 heteroatoms. The summed E-state index contributed by atoms with van der Waals surface area (Å²) in [6, 6.07) is 3.53. The fourth-order valence-corrected chi connectivity index (χ4v) is 5.36. The van der Waals surface area contributed by atoms with Gasteiger partial charge in [-0.05, 0) is 32.8 Å². The second kappa shape index (κ2) is 6.57. The van der Waals surface area contributed by atoms with Crippen LogP contribution in [0.1, 0.15) is 36.0 Å². The van der Waals surface area contributed by atoms with E-state index >= 15 is 0 Å². The van der Waals surface area contributed by atoms with Gasteiger partial charge >= 0.3 is 0 Å². The van der Waals surface area contributed by atoms with Crippen molar-refractivity contribution in [3.63, 3.8) is 0 Å². The molecule has 3 aromatic rings. The molecular formula is C16H21N7O3S. The van der Waals surface area contributed by atoms with Gasteiger partial charge in [0.2, 0.25) is 15.9 Å². The van der Waals surface area contributed by atoms with Crippen molar-refractivity contribution in [1.82, 2.24) is 34.3 Å². The zero-order valence-electron chi connectivity index (χ0n) is 15.4. The Morgan fingerprint density at radius 3 is 2.56 bits per heavy atom. The Morgan fingerprint density at radius 2 is 1.93 bits per heavy atom. The predicted octanol–water partition coefficient (Wildman–Crippen LogP) is 1.04. The molecule has 0 saturated carbocycles. The highest BCUT2D eigenvalue weighted by Crippen LogP contribution is 2.31. The van der Waals surface area contributed by atoms with Crippen LogP contribution in [0.5, 0.6) is 5.88 Å². The van der Waals surface area contributed by atoms with Crippen LogP contribution in [0.15, 0.2) is 17.0 Å². The largest absolute Gasteiger partial charge is 0.480 e. The third kappa shape index (κ3) is 2.96. The van der Waals surface area contributed by atoms with Gasteiger partial charge in [0.15, 0.2) is 11.5 Å². The number of nitrogens with one attached hydrogen (secondary N) is 1. The molecule has 4 rings (SSSR count). The van der Waals surface area contributed by atoms with Crippen molar-refractivity contribution >= 4 is 15.7 Å². The van der Waals surface area contributed by atoms with Crippen LogP contribution >= 0.6 is 0 Å². The van der Waals surface area contributed by atoms with Gasteiger partial charge in [-0.25, -0.2) is 8.42 Å². The number of methoxy groups -OCH3 is 1. The van der Waals surface area contributed by atoms with Crippen molar-refractivity contribution in [2.45, 2.75) is 37.5 Å². The third-order valence-corrected chi connectivity index (χ3v) is 7.11. The molecule has 1 saturated heterocycles. The van der Waals surface area contributed by atoms with Crippen LogP contribution in [0, 0.1) is 13.8 Å². The minimum absolute atomic E-state index is 0.0811. The molecule has 0 amide bonds. The van der Waals surface area contributed by atoms with Crippen LogP contribution in [0.2, 0.25) is 0 Å². The molecule has 1 fully saturated rings. The molecule has 0 spiro atoms. The number of aromatic amines is 1. The van der Waals surface area contributed by atoms with E-state index in [2.05, 4.69) is 25.5 Å². The number of hydrogen-bond donors (Lipinski definition) is 1. The molecule has 1 aliphatic heterocycles. The van der Waals surface area contributed by atoms with Gasteiger partial charge in [-0.3, -0.25) is 5.10 Å². The molecule has 3 aromatic heterocycles. The number of fused-ring (bicyclic) bond motifs is 1. The standard InChI is InChI=1S/C16H21N7O3S/c1-10-15(11(2)18-17-10)27(24,25)22-8-6-12(7-9-22)16-20-19-13-4-5-14(26-3)21-23(13)16/h4-5,12H,6-9H2,1-3H3,(H,17,18). The van der Waals surface area contributed by atoms with E-state index in [0.717, 1.165) is 5.82 Å². The SMILES string of the molecule is COc1ccc2nnc(C3CCN(S(=O)(=O)c4c(C)n[nH]c4C)CC3)n2n1. The molecule has 0 atom stereocenters. The van der Waals surface area contributed by atoms with Crippen LogP contribution in [0.3, 0.4) is 0 Å². The Morgan fingerprint density at radius 1 is 1.19 bits per heavy atom. The summed E-state index contributed by atoms with van der Waals surface area (Å²) < 4.78 is 34.3. The summed E-state index contributed by atoms with van der Waals surface area (Å²) in [6.45, 7) is 4.25. The average molecular weight is 391 g/mol. The van der Waals surface area contributed by atoms with Crippen LogP contribution < -0.4 is 4.74 Å². The molecule has 144 valence electrons. The summed E-state index contributed by atoms with van der Waals surface area (Å²) >= 11 is 0. The summed E-state index contributed by atoms with van der Waals surface area (Å²) in [7, 11) is -2.01. The van der Waals surface area contributed by atoms with Crippen molar-refractivity contribution in [1.29, 1.82) is 0 Å². The summed E-state index contributed by atoms with van der Waals surface area (Å²) in [5, 5.41) is 19.6. The Kier molecular flexibility index (Phi) is 4.35. The minimum Gasteiger partial charge on any atom is -0.480 e. The fraction of sp³-hybridized carbons (Fsp3) is 0.500. The quantitative estimate of drug-likeness (QED) is 0.706. The molecule has 1 aliphatic rings. The van der Waals surface area contributed by atoms with Gasteiger partial charge in [0.25, 0.3) is 0 Å². The highest BCUT2D eigenvalue weighted by molar-refractivity contribution is 7.89. The second-order valence-electron chi connectivity index (χ2n) is 6.65. The van der Waals surface area contributed by atoms with Gasteiger partial charge in [-0.2, -0.15) is 13.9 Å². The molecule has 0 bridgehead atoms. The first kappa shape index (κ1) is 17.9. The molecule has 0 aliphatic carbocycles. The van der Waals surface area contributed by atoms with Gasteiger partial charge in [0.1, 0.15) is 4.90 Å². The molecule has 0 aromatic carbocycles. The van der Waals surface area contributed by atoms with Crippen molar-refractivity contribution in [2.75, 3.05) is 20.2 Å². The fourth-order valence-electron chi connectivity index (χ4n) is 3.56. The number of nitrogens with zero attached hydrogens (tertiary/aromatic N) is 6. The first-order valence-electron chi connectivity index (χ1n) is 8.70. The van der Waals surface area contributed by atoms with E-state index in [4.69, 9.17) is 4.74 Å². The monoisotopic (exact) mass is 391 g/mol. The molecular weight excluding hydrogens is 370 g/mol. The van der Waals surface area contributed by atoms with E-state index < -0.39 is 10.0 Å². The van der Waals surface area contributed by atoms with E-state index in [-0.39, 0.29) is 10.8 Å². The van der Waals surface area contributed by atoms with Crippen LogP contribution in [0.4, 0.5) is 0 Å². The smallest absolute Gasteiger partial charge is 0.246 e. The maximum Gasteiger partial charge on any atom is 0.246 e. The van der Waals surface area contributed by atoms with Crippen molar-refractivity contribution < 1.29 is 13.2 Å². The first-order chi connectivity index (χ1) is 12.9. The number of ether oxygens (including phenoxy) is 1. The van der Waals surface area contributed by atoms with Gasteiger partial charge < -0.3 is 4.74 Å². The number of H-pyrrole nitrogens is 1. The third-order valence-electron chi connectivity index (χ3n) is 4.95. The molecule has 0 unspecified atom stereocenters. The van der Waals surface area contributed by atoms with E-state index in [0.29, 0.717) is 48.8 Å². The zero-order chi connectivity index (χ0) is 19.2. The normalized spacial score (nSPS) is 16.9. The lowest BCUT2D eigenvalue weighted by atomic mass is 9.97. The number of aryl methyl sites for hydroxylation is 2. The van der Waals surface area contributed by atoms with Crippen LogP contribution in [-0.2, 0) is 10.0 Å². The number of piperidine rings is 1. The lowest BCUT2D eigenvalue weighted by Crippen LogP contribution is -2.38. The van der Waals surface area contributed by atoms with Crippen LogP contribution in [0.25, 0.3) is 5.65 Å². The van der Waals surface area contributed by atoms with Gasteiger partial charge in [-0.15, -0.1) is 15.3 Å². The Labute approximate surface area is 156 Å². The molecule has 1 N–H and O–H groups in total. The Hall–Kier alpha value is -2.53. The number of rotatable bonds is 4. The van der Waals surface area contributed by atoms with Gasteiger partial charge in [0, 0.05) is 25.1 Å². The predicted molar refractivity (Wildman–Crippen MR) is 96.1 cm³/mol. The molecule has 27 heavy (non-hydrogen) atoms. The molecule has 10 nitrogen and oxygen atoms in total. The summed E-state index contributed by atoms with van der Waals surface area (Å²) in [5.74, 6) is 1.30. The number of sulfonamides is 1. The average Bonchev–Trinajstić information content (AvgIpc) is 3.24. The Bertz CT molecular complexity index is 1060. The highest BCUT2D eigenvalue weighted by Gasteiger charge is 2.34. The topological polar surface area (TPSA) is 118 Å². The van der Waals surface area contributed by atoms with Crippen molar-refractivity contribution in [3.8, 4) is 5.88 Å². The van der Waals surface area contributed by atoms with Gasteiger partial charge in [0.05, 0.1) is 18.5 Å². The van der Waals surface area contributed by atoms with E-state index in [9.17, 15) is 8.42 Å². The summed E-state index contributed by atoms with van der Waals surface area (Å²) in [4.78, 5) is 0.278. The van der Waals surface area contributed by atoms with Crippen molar-refractivity contribution in [3.05, 3.63) is 29.3 Å². The minimum atomic E-state index is -3.56. The molecule has 0 radical (unpaired) electrons. The summed E-state index contributed by atoms with van der Waals surface area (Å²) in [6.07, 6.45) is 1.30. The number of aromatic nitrogens is 6. The van der Waals surface area contributed by atoms with Crippen molar-refractivity contribution in [2.24, 2.45) is 0 Å². The lowest BCUT2D eigenvalue weighted by molar-refractivity contribution is 0.310. The second-order valence-corrected chi connectivity index (χ2v) is 8.52. The lowest BCUT2D eigenvalue weighted by Gasteiger charge is -2.30. The number of hydrogen-bond acceptors (Lipinski definition) is 7. The zero-order valence-corrected chi connectivity index (χ0v) is 16.2. The van der Waals surface area contributed by atoms with E-state index in [1.807, 2.05) is 0 Å². The highest BCUT2D eigenvalue weighted by atomic mass is 32.2. The van der Waals surface area contributed by atoms with Gasteiger partial charge in [-0.1, -0.05) is 0 Å². The Balaban J connectivity index is 1.56. The first-order valence-corrected chi connectivity index (χ1v) is 10.1. The maximum atomic E-state index is 13.0. The summed E-state index contributed by atoms with van der Waals surface area (Å²) in [5.41, 5.74) is 1.70. The van der Waals surface area contributed by atoms with E-state index in [1.54, 1.807) is 37.6 Å². The maximum absolute atomic E-state index is 13.0. The van der Waals surface area contributed by atoms with Crippen LogP contribution in [-0.4, -0.2) is 62.9 Å².